The van der Waals surface area contributed by atoms with Crippen LogP contribution in [0.3, 0.4) is 0 Å². The SMILES string of the molecule is CCCCCCCCCCCc1oc(C)c(CC)c(=O)c1C. The lowest BCUT2D eigenvalue weighted by Crippen LogP contribution is -2.15. The van der Waals surface area contributed by atoms with Crippen LogP contribution in [0.5, 0.6) is 0 Å². The first-order chi connectivity index (χ1) is 10.6. The van der Waals surface area contributed by atoms with Gasteiger partial charge in [0.2, 0.25) is 0 Å². The first kappa shape index (κ1) is 19.0. The van der Waals surface area contributed by atoms with Crippen molar-refractivity contribution in [2.75, 3.05) is 0 Å². The van der Waals surface area contributed by atoms with Crippen molar-refractivity contribution in [2.45, 2.75) is 98.3 Å². The van der Waals surface area contributed by atoms with Gasteiger partial charge in [0.15, 0.2) is 5.43 Å². The molecule has 1 heterocycles. The molecule has 126 valence electrons. The lowest BCUT2D eigenvalue weighted by molar-refractivity contribution is 0.441. The summed E-state index contributed by atoms with van der Waals surface area (Å²) in [4.78, 5) is 12.2. The minimum absolute atomic E-state index is 0.192. The zero-order valence-corrected chi connectivity index (χ0v) is 15.1. The van der Waals surface area contributed by atoms with E-state index < -0.39 is 0 Å². The summed E-state index contributed by atoms with van der Waals surface area (Å²) in [5, 5.41) is 0. The van der Waals surface area contributed by atoms with Crippen LogP contribution in [0, 0.1) is 13.8 Å². The van der Waals surface area contributed by atoms with Crippen LogP contribution in [-0.4, -0.2) is 0 Å². The van der Waals surface area contributed by atoms with Crippen molar-refractivity contribution in [3.63, 3.8) is 0 Å². The molecule has 0 aliphatic rings. The van der Waals surface area contributed by atoms with Gasteiger partial charge in [0.05, 0.1) is 0 Å². The maximum Gasteiger partial charge on any atom is 0.191 e. The zero-order valence-electron chi connectivity index (χ0n) is 15.1. The number of hydrogen-bond donors (Lipinski definition) is 0. The molecule has 2 nitrogen and oxygen atoms in total. The third-order valence-corrected chi connectivity index (χ3v) is 4.60. The Kier molecular flexibility index (Phi) is 9.19. The Balaban J connectivity index is 2.30. The van der Waals surface area contributed by atoms with Gasteiger partial charge in [0.1, 0.15) is 11.5 Å². The van der Waals surface area contributed by atoms with E-state index >= 15 is 0 Å². The lowest BCUT2D eigenvalue weighted by atomic mass is 10.0. The summed E-state index contributed by atoms with van der Waals surface area (Å²) in [7, 11) is 0. The second-order valence-corrected chi connectivity index (χ2v) is 6.45. The van der Waals surface area contributed by atoms with Crippen molar-refractivity contribution in [1.29, 1.82) is 0 Å². The second kappa shape index (κ2) is 10.6. The van der Waals surface area contributed by atoms with E-state index in [2.05, 4.69) is 6.92 Å². The molecule has 0 unspecified atom stereocenters. The number of unbranched alkanes of at least 4 members (excludes halogenated alkanes) is 8. The van der Waals surface area contributed by atoms with Crippen molar-refractivity contribution >= 4 is 0 Å². The molecule has 2 heteroatoms. The van der Waals surface area contributed by atoms with Gasteiger partial charge in [0, 0.05) is 17.5 Å². The van der Waals surface area contributed by atoms with E-state index in [0.717, 1.165) is 41.9 Å². The molecule has 0 radical (unpaired) electrons. The Labute approximate surface area is 136 Å². The summed E-state index contributed by atoms with van der Waals surface area (Å²) in [6.45, 7) is 8.10. The summed E-state index contributed by atoms with van der Waals surface area (Å²) in [5.74, 6) is 1.71. The fourth-order valence-electron chi connectivity index (χ4n) is 3.08. The van der Waals surface area contributed by atoms with E-state index in [1.807, 2.05) is 20.8 Å². The van der Waals surface area contributed by atoms with Gasteiger partial charge >= 0.3 is 0 Å². The van der Waals surface area contributed by atoms with Crippen LogP contribution in [0.4, 0.5) is 0 Å². The predicted octanol–water partition coefficient (Wildman–Crippen LogP) is 5.89. The second-order valence-electron chi connectivity index (χ2n) is 6.45. The fraction of sp³-hybridized carbons (Fsp3) is 0.750. The molecule has 0 saturated heterocycles. The Hall–Kier alpha value is -1.05. The molecule has 0 saturated carbocycles. The molecule has 0 aromatic carbocycles. The standard InChI is InChI=1S/C20H34O2/c1-5-7-8-9-10-11-12-13-14-15-19-16(3)20(21)18(6-2)17(4)22-19/h5-15H2,1-4H3. The van der Waals surface area contributed by atoms with Crippen molar-refractivity contribution < 1.29 is 4.42 Å². The topological polar surface area (TPSA) is 30.2 Å². The van der Waals surface area contributed by atoms with Crippen LogP contribution in [0.25, 0.3) is 0 Å². The molecule has 0 amide bonds. The van der Waals surface area contributed by atoms with E-state index in [4.69, 9.17) is 4.42 Å². The molecular weight excluding hydrogens is 272 g/mol. The largest absolute Gasteiger partial charge is 0.466 e. The maximum absolute atomic E-state index is 12.2. The molecule has 0 atom stereocenters. The summed E-state index contributed by atoms with van der Waals surface area (Å²) in [6.07, 6.45) is 13.5. The normalized spacial score (nSPS) is 11.1. The maximum atomic E-state index is 12.2. The van der Waals surface area contributed by atoms with Crippen LogP contribution < -0.4 is 5.43 Å². The highest BCUT2D eigenvalue weighted by Crippen LogP contribution is 2.16. The first-order valence-corrected chi connectivity index (χ1v) is 9.23. The van der Waals surface area contributed by atoms with Gasteiger partial charge in [0.25, 0.3) is 0 Å². The minimum atomic E-state index is 0.192. The van der Waals surface area contributed by atoms with Gasteiger partial charge < -0.3 is 4.42 Å². The Morgan fingerprint density at radius 1 is 0.818 bits per heavy atom. The molecular formula is C20H34O2. The van der Waals surface area contributed by atoms with E-state index in [-0.39, 0.29) is 5.43 Å². The van der Waals surface area contributed by atoms with E-state index in [0.29, 0.717) is 0 Å². The third-order valence-electron chi connectivity index (χ3n) is 4.60. The molecule has 1 rings (SSSR count). The van der Waals surface area contributed by atoms with Crippen LogP contribution >= 0.6 is 0 Å². The Morgan fingerprint density at radius 3 is 1.91 bits per heavy atom. The van der Waals surface area contributed by atoms with Gasteiger partial charge in [-0.2, -0.15) is 0 Å². The van der Waals surface area contributed by atoms with Crippen LogP contribution in [0.2, 0.25) is 0 Å². The molecule has 0 bridgehead atoms. The number of rotatable bonds is 11. The third kappa shape index (κ3) is 5.98. The summed E-state index contributed by atoms with van der Waals surface area (Å²) < 4.78 is 5.88. The predicted molar refractivity (Wildman–Crippen MR) is 94.8 cm³/mol. The van der Waals surface area contributed by atoms with Crippen molar-refractivity contribution in [3.8, 4) is 0 Å². The summed E-state index contributed by atoms with van der Waals surface area (Å²) in [5.41, 5.74) is 1.85. The van der Waals surface area contributed by atoms with E-state index in [1.54, 1.807) is 0 Å². The molecule has 1 aromatic heterocycles. The Morgan fingerprint density at radius 2 is 1.36 bits per heavy atom. The van der Waals surface area contributed by atoms with Gasteiger partial charge in [-0.3, -0.25) is 4.79 Å². The van der Waals surface area contributed by atoms with Crippen molar-refractivity contribution in [3.05, 3.63) is 32.9 Å². The first-order valence-electron chi connectivity index (χ1n) is 9.23. The molecule has 0 N–H and O–H groups in total. The molecule has 0 fully saturated rings. The van der Waals surface area contributed by atoms with Gasteiger partial charge in [-0.25, -0.2) is 0 Å². The van der Waals surface area contributed by atoms with Crippen LogP contribution in [-0.2, 0) is 12.8 Å². The summed E-state index contributed by atoms with van der Waals surface area (Å²) >= 11 is 0. The van der Waals surface area contributed by atoms with Gasteiger partial charge in [-0.05, 0) is 26.7 Å². The molecule has 0 aliphatic carbocycles. The van der Waals surface area contributed by atoms with Crippen molar-refractivity contribution in [1.82, 2.24) is 0 Å². The summed E-state index contributed by atoms with van der Waals surface area (Å²) in [6, 6.07) is 0. The minimum Gasteiger partial charge on any atom is -0.466 e. The van der Waals surface area contributed by atoms with E-state index in [9.17, 15) is 4.79 Å². The fourth-order valence-corrected chi connectivity index (χ4v) is 3.08. The van der Waals surface area contributed by atoms with Gasteiger partial charge in [-0.15, -0.1) is 0 Å². The molecule has 0 aliphatic heterocycles. The highest BCUT2D eigenvalue weighted by molar-refractivity contribution is 5.26. The molecule has 0 spiro atoms. The van der Waals surface area contributed by atoms with Gasteiger partial charge in [-0.1, -0.05) is 65.2 Å². The average Bonchev–Trinajstić information content (AvgIpc) is 2.51. The number of aryl methyl sites for hydroxylation is 2. The Bertz CT molecular complexity index is 485. The smallest absolute Gasteiger partial charge is 0.191 e. The molecule has 22 heavy (non-hydrogen) atoms. The van der Waals surface area contributed by atoms with E-state index in [1.165, 1.54) is 51.4 Å². The highest BCUT2D eigenvalue weighted by atomic mass is 16.3. The average molecular weight is 306 g/mol. The van der Waals surface area contributed by atoms with Crippen LogP contribution in [0.15, 0.2) is 9.21 Å². The lowest BCUT2D eigenvalue weighted by Gasteiger charge is -2.09. The number of hydrogen-bond acceptors (Lipinski definition) is 2. The van der Waals surface area contributed by atoms with Crippen molar-refractivity contribution in [2.24, 2.45) is 0 Å². The highest BCUT2D eigenvalue weighted by Gasteiger charge is 2.12. The zero-order chi connectivity index (χ0) is 16.4. The van der Waals surface area contributed by atoms with Crippen LogP contribution in [0.1, 0.15) is 94.3 Å². The molecule has 1 aromatic rings. The monoisotopic (exact) mass is 306 g/mol. The quantitative estimate of drug-likeness (QED) is 0.477.